The van der Waals surface area contributed by atoms with Crippen LogP contribution in [-0.2, 0) is 40.9 Å². The Balaban J connectivity index is -0.0000000596. The molecule has 0 saturated carbocycles. The van der Waals surface area contributed by atoms with Gasteiger partial charge >= 0.3 is 23.9 Å². The van der Waals surface area contributed by atoms with Crippen LogP contribution in [0.4, 0.5) is 0 Å². The summed E-state index contributed by atoms with van der Waals surface area (Å²) in [6.45, 7) is 9.76. The van der Waals surface area contributed by atoms with Crippen molar-refractivity contribution in [2.75, 3.05) is 6.61 Å². The maximum atomic E-state index is 9.60. The number of hydrogen-bond donors (Lipinski definition) is 5. The Morgan fingerprint density at radius 2 is 0.700 bits per heavy atom. The first-order valence-electron chi connectivity index (χ1n) is 9.98. The third-order valence-corrected chi connectivity index (χ3v) is 2.37. The Morgan fingerprint density at radius 1 is 0.500 bits per heavy atom. The zero-order chi connectivity index (χ0) is 24.1. The van der Waals surface area contributed by atoms with E-state index in [1.54, 1.807) is 0 Å². The van der Waals surface area contributed by atoms with Crippen LogP contribution < -0.4 is 0 Å². The van der Waals surface area contributed by atoms with Gasteiger partial charge in [0.15, 0.2) is 0 Å². The van der Waals surface area contributed by atoms with Crippen molar-refractivity contribution in [3.63, 3.8) is 0 Å². The van der Waals surface area contributed by atoms with Crippen LogP contribution >= 0.6 is 0 Å². The average Bonchev–Trinajstić information content (AvgIpc) is 2.57. The fraction of sp³-hybridized carbons (Fsp3) is 0.800. The minimum absolute atomic E-state index is 0. The van der Waals surface area contributed by atoms with E-state index in [0.717, 1.165) is 38.5 Å². The number of carbonyl (C=O) groups is 4. The summed E-state index contributed by atoms with van der Waals surface area (Å²) in [7, 11) is 0. The van der Waals surface area contributed by atoms with E-state index < -0.39 is 23.9 Å². The molecule has 0 aliphatic rings. The van der Waals surface area contributed by atoms with Gasteiger partial charge in [0.25, 0.3) is 0 Å². The molecule has 0 aromatic carbocycles. The molecule has 0 bridgehead atoms. The first kappa shape index (κ1) is 42.6. The fourth-order valence-corrected chi connectivity index (χ4v) is 1.01. The molecular formula is C20H42O9Ti. The van der Waals surface area contributed by atoms with Gasteiger partial charge in [0.1, 0.15) is 0 Å². The first-order valence-corrected chi connectivity index (χ1v) is 9.98. The Kier molecular flexibility index (Phi) is 59.4. The van der Waals surface area contributed by atoms with E-state index in [-0.39, 0.29) is 21.7 Å². The second kappa shape index (κ2) is 41.8. The number of hydrogen-bond acceptors (Lipinski definition) is 5. The van der Waals surface area contributed by atoms with Crippen LogP contribution in [0.1, 0.15) is 98.8 Å². The molecule has 0 saturated heterocycles. The predicted octanol–water partition coefficient (Wildman–Crippen LogP) is 4.26. The molecule has 0 aromatic rings. The normalized spacial score (nSPS) is 7.93. The van der Waals surface area contributed by atoms with Gasteiger partial charge in [0.2, 0.25) is 0 Å². The molecule has 0 amide bonds. The summed E-state index contributed by atoms with van der Waals surface area (Å²) >= 11 is 0. The van der Waals surface area contributed by atoms with Crippen molar-refractivity contribution in [2.24, 2.45) is 0 Å². The SMILES string of the molecule is CCCC(=O)O.CCCC(=O)O.CCCC(=O)O.CCCC(=O)O.CCCCO.[Ti]. The van der Waals surface area contributed by atoms with Crippen LogP contribution in [0, 0.1) is 0 Å². The summed E-state index contributed by atoms with van der Waals surface area (Å²) in [6, 6.07) is 0. The third kappa shape index (κ3) is 110. The second-order valence-electron chi connectivity index (χ2n) is 5.65. The maximum absolute atomic E-state index is 9.60. The molecule has 0 atom stereocenters. The van der Waals surface area contributed by atoms with Crippen LogP contribution in [0.5, 0.6) is 0 Å². The summed E-state index contributed by atoms with van der Waals surface area (Å²) in [5, 5.41) is 39.7. The molecule has 0 unspecified atom stereocenters. The number of unbranched alkanes of at least 4 members (excludes halogenated alkanes) is 1. The van der Waals surface area contributed by atoms with E-state index in [1.165, 1.54) is 0 Å². The molecule has 0 spiro atoms. The van der Waals surface area contributed by atoms with Crippen LogP contribution in [0.2, 0.25) is 0 Å². The van der Waals surface area contributed by atoms with Crippen LogP contribution in [0.15, 0.2) is 0 Å². The first-order chi connectivity index (χ1) is 13.5. The summed E-state index contributed by atoms with van der Waals surface area (Å²) in [4.78, 5) is 38.4. The van der Waals surface area contributed by atoms with Gasteiger partial charge in [0.05, 0.1) is 0 Å². The van der Waals surface area contributed by atoms with Crippen molar-refractivity contribution in [2.45, 2.75) is 98.8 Å². The van der Waals surface area contributed by atoms with E-state index in [0.29, 0.717) is 32.3 Å². The van der Waals surface area contributed by atoms with Gasteiger partial charge in [-0.25, -0.2) is 0 Å². The van der Waals surface area contributed by atoms with Crippen LogP contribution in [-0.4, -0.2) is 56.0 Å². The minimum Gasteiger partial charge on any atom is -0.481 e. The van der Waals surface area contributed by atoms with Crippen LogP contribution in [0.3, 0.4) is 0 Å². The number of aliphatic hydroxyl groups is 1. The molecule has 30 heavy (non-hydrogen) atoms. The van der Waals surface area contributed by atoms with Crippen molar-refractivity contribution in [3.8, 4) is 0 Å². The zero-order valence-corrected chi connectivity index (χ0v) is 20.7. The molecule has 5 N–H and O–H groups in total. The summed E-state index contributed by atoms with van der Waals surface area (Å²) in [5.74, 6) is -2.84. The van der Waals surface area contributed by atoms with E-state index in [4.69, 9.17) is 25.5 Å². The Morgan fingerprint density at radius 3 is 0.700 bits per heavy atom. The number of rotatable bonds is 10. The summed E-state index contributed by atoms with van der Waals surface area (Å²) < 4.78 is 0. The van der Waals surface area contributed by atoms with E-state index in [2.05, 4.69) is 6.92 Å². The van der Waals surface area contributed by atoms with Gasteiger partial charge in [-0.05, 0) is 32.1 Å². The van der Waals surface area contributed by atoms with Crippen molar-refractivity contribution in [3.05, 3.63) is 0 Å². The number of carboxylic acids is 4. The van der Waals surface area contributed by atoms with Gasteiger partial charge in [0, 0.05) is 54.0 Å². The minimum atomic E-state index is -0.711. The number of aliphatic hydroxyl groups excluding tert-OH is 1. The molecule has 0 aromatic heterocycles. The van der Waals surface area contributed by atoms with E-state index >= 15 is 0 Å². The van der Waals surface area contributed by atoms with Gasteiger partial charge in [-0.2, -0.15) is 0 Å². The van der Waals surface area contributed by atoms with Gasteiger partial charge in [-0.3, -0.25) is 19.2 Å². The smallest absolute Gasteiger partial charge is 0.303 e. The number of aliphatic carboxylic acids is 4. The largest absolute Gasteiger partial charge is 0.481 e. The molecule has 0 fully saturated rings. The molecule has 0 rings (SSSR count). The maximum Gasteiger partial charge on any atom is 0.303 e. The average molecular weight is 474 g/mol. The Bertz CT molecular complexity index is 309. The Hall–Kier alpha value is -1.45. The van der Waals surface area contributed by atoms with Crippen LogP contribution in [0.25, 0.3) is 0 Å². The van der Waals surface area contributed by atoms with Crippen molar-refractivity contribution >= 4 is 23.9 Å². The van der Waals surface area contributed by atoms with E-state index in [9.17, 15) is 19.2 Å². The van der Waals surface area contributed by atoms with Crippen molar-refractivity contribution in [1.29, 1.82) is 0 Å². The van der Waals surface area contributed by atoms with Gasteiger partial charge in [-0.1, -0.05) is 41.0 Å². The Labute approximate surface area is 195 Å². The molecule has 10 heteroatoms. The van der Waals surface area contributed by atoms with Gasteiger partial charge in [-0.15, -0.1) is 0 Å². The summed E-state index contributed by atoms with van der Waals surface area (Å²) in [6.07, 6.45) is 6.13. The molecule has 180 valence electrons. The van der Waals surface area contributed by atoms with Crippen molar-refractivity contribution < 1.29 is 66.4 Å². The molecule has 0 aliphatic heterocycles. The summed E-state index contributed by atoms with van der Waals surface area (Å²) in [5.41, 5.74) is 0. The van der Waals surface area contributed by atoms with Gasteiger partial charge < -0.3 is 25.5 Å². The predicted molar refractivity (Wildman–Crippen MR) is 112 cm³/mol. The monoisotopic (exact) mass is 474 g/mol. The quantitative estimate of drug-likeness (QED) is 0.290. The molecule has 0 radical (unpaired) electrons. The fourth-order valence-electron chi connectivity index (χ4n) is 1.01. The third-order valence-electron chi connectivity index (χ3n) is 2.37. The molecule has 9 nitrogen and oxygen atoms in total. The van der Waals surface area contributed by atoms with E-state index in [1.807, 2.05) is 27.7 Å². The standard InChI is InChI=1S/4C4H8O2.C4H10O.Ti/c4*1-2-3-4(5)6;1-2-3-4-5;/h4*2-3H2,1H3,(H,5,6);5H,2-4H2,1H3;. The molecular weight excluding hydrogens is 432 g/mol. The second-order valence-corrected chi connectivity index (χ2v) is 5.65. The van der Waals surface area contributed by atoms with Crippen molar-refractivity contribution in [1.82, 2.24) is 0 Å². The zero-order valence-electron chi connectivity index (χ0n) is 19.1. The topological polar surface area (TPSA) is 169 Å². The molecule has 0 heterocycles. The molecule has 0 aliphatic carbocycles. The number of carboxylic acid groups (broad SMARTS) is 4.